The lowest BCUT2D eigenvalue weighted by Crippen LogP contribution is -2.49. The predicted molar refractivity (Wildman–Crippen MR) is 80.6 cm³/mol. The predicted octanol–water partition coefficient (Wildman–Crippen LogP) is 1.86. The van der Waals surface area contributed by atoms with Crippen molar-refractivity contribution >= 4 is 17.6 Å². The minimum Gasteiger partial charge on any atom is -0.479 e. The van der Waals surface area contributed by atoms with Gasteiger partial charge in [-0.25, -0.2) is 14.2 Å². The number of carbonyl (C=O) groups is 2. The van der Waals surface area contributed by atoms with E-state index in [1.807, 2.05) is 0 Å². The molecule has 1 aromatic carbocycles. The number of anilines is 1. The van der Waals surface area contributed by atoms with Crippen LogP contribution in [0, 0.1) is 5.82 Å². The van der Waals surface area contributed by atoms with Gasteiger partial charge in [0.05, 0.1) is 13.3 Å². The molecule has 3 amide bonds. The highest BCUT2D eigenvalue weighted by Crippen LogP contribution is 2.29. The fourth-order valence-electron chi connectivity index (χ4n) is 2.16. The molecule has 1 saturated heterocycles. The Kier molecular flexibility index (Phi) is 4.23. The molecular weight excluding hydrogens is 319 g/mol. The van der Waals surface area contributed by atoms with E-state index in [2.05, 4.69) is 15.3 Å². The lowest BCUT2D eigenvalue weighted by Gasteiger charge is -2.26. The van der Waals surface area contributed by atoms with Crippen LogP contribution in [-0.4, -0.2) is 35.6 Å². The molecule has 0 aliphatic carbocycles. The minimum absolute atomic E-state index is 0.0605. The van der Waals surface area contributed by atoms with Crippen molar-refractivity contribution in [2.45, 2.75) is 6.42 Å². The van der Waals surface area contributed by atoms with Gasteiger partial charge in [0.15, 0.2) is 0 Å². The van der Waals surface area contributed by atoms with Gasteiger partial charge in [-0.1, -0.05) is 6.07 Å². The monoisotopic (exact) mass is 332 g/mol. The Morgan fingerprint density at radius 2 is 2.17 bits per heavy atom. The van der Waals surface area contributed by atoms with Gasteiger partial charge < -0.3 is 9.47 Å². The van der Waals surface area contributed by atoms with E-state index in [-0.39, 0.29) is 36.5 Å². The zero-order valence-electron chi connectivity index (χ0n) is 12.7. The lowest BCUT2D eigenvalue weighted by atomic mass is 10.3. The zero-order valence-corrected chi connectivity index (χ0v) is 12.7. The van der Waals surface area contributed by atoms with Crippen molar-refractivity contribution in [1.29, 1.82) is 0 Å². The first-order chi connectivity index (χ1) is 11.6. The highest BCUT2D eigenvalue weighted by atomic mass is 19.1. The van der Waals surface area contributed by atoms with Crippen LogP contribution < -0.4 is 19.7 Å². The van der Waals surface area contributed by atoms with Gasteiger partial charge in [0.25, 0.3) is 0 Å². The van der Waals surface area contributed by atoms with Crippen LogP contribution >= 0.6 is 0 Å². The third-order valence-electron chi connectivity index (χ3n) is 3.26. The molecule has 2 heterocycles. The molecule has 1 aliphatic rings. The Morgan fingerprint density at radius 3 is 2.88 bits per heavy atom. The van der Waals surface area contributed by atoms with E-state index in [9.17, 15) is 14.0 Å². The summed E-state index contributed by atoms with van der Waals surface area (Å²) in [7, 11) is 1.38. The van der Waals surface area contributed by atoms with E-state index in [0.29, 0.717) is 5.69 Å². The number of amides is 3. The second kappa shape index (κ2) is 6.49. The van der Waals surface area contributed by atoms with Crippen molar-refractivity contribution in [1.82, 2.24) is 15.3 Å². The van der Waals surface area contributed by atoms with E-state index < -0.39 is 11.8 Å². The van der Waals surface area contributed by atoms with Gasteiger partial charge >= 0.3 is 12.0 Å². The molecule has 1 N–H and O–H groups in total. The van der Waals surface area contributed by atoms with Gasteiger partial charge in [-0.3, -0.25) is 15.0 Å². The topological polar surface area (TPSA) is 93.7 Å². The number of nitrogens with zero attached hydrogens (tertiary/aromatic N) is 3. The summed E-state index contributed by atoms with van der Waals surface area (Å²) < 4.78 is 23.7. The Bertz CT molecular complexity index is 799. The smallest absolute Gasteiger partial charge is 0.328 e. The van der Waals surface area contributed by atoms with E-state index in [1.54, 1.807) is 6.07 Å². The molecule has 1 aromatic heterocycles. The van der Waals surface area contributed by atoms with Crippen LogP contribution in [0.5, 0.6) is 17.6 Å². The number of aromatic nitrogens is 2. The van der Waals surface area contributed by atoms with E-state index in [1.165, 1.54) is 36.4 Å². The fraction of sp³-hybridized carbons (Fsp3) is 0.200. The van der Waals surface area contributed by atoms with Crippen molar-refractivity contribution < 1.29 is 23.5 Å². The molecule has 1 aliphatic heterocycles. The third-order valence-corrected chi connectivity index (χ3v) is 3.26. The van der Waals surface area contributed by atoms with Crippen molar-refractivity contribution in [2.24, 2.45) is 0 Å². The number of urea groups is 1. The summed E-state index contributed by atoms with van der Waals surface area (Å²) >= 11 is 0. The van der Waals surface area contributed by atoms with Gasteiger partial charge in [0.2, 0.25) is 11.8 Å². The summed E-state index contributed by atoms with van der Waals surface area (Å²) in [4.78, 5) is 32.5. The van der Waals surface area contributed by atoms with Crippen LogP contribution in [-0.2, 0) is 4.79 Å². The molecule has 9 heteroatoms. The standard InChI is InChI=1S/C15H13FN4O4/c1-23-13-11(20-6-5-12(21)18-15(20)22)8-17-14(19-13)24-10-4-2-3-9(16)7-10/h2-4,7-8H,5-6H2,1H3,(H,18,21,22). The molecule has 0 unspecified atom stereocenters. The van der Waals surface area contributed by atoms with Gasteiger partial charge in [-0.15, -0.1) is 0 Å². The molecule has 0 radical (unpaired) electrons. The van der Waals surface area contributed by atoms with Gasteiger partial charge in [-0.05, 0) is 12.1 Å². The minimum atomic E-state index is -0.577. The molecule has 0 bridgehead atoms. The summed E-state index contributed by atoms with van der Waals surface area (Å²) in [5, 5.41) is 2.20. The Morgan fingerprint density at radius 1 is 1.33 bits per heavy atom. The maximum absolute atomic E-state index is 13.2. The van der Waals surface area contributed by atoms with Crippen LogP contribution in [0.3, 0.4) is 0 Å². The molecule has 1 fully saturated rings. The molecule has 124 valence electrons. The van der Waals surface area contributed by atoms with Crippen molar-refractivity contribution in [3.8, 4) is 17.6 Å². The lowest BCUT2D eigenvalue weighted by molar-refractivity contribution is -0.120. The Balaban J connectivity index is 1.85. The van der Waals surface area contributed by atoms with Crippen LogP contribution in [0.2, 0.25) is 0 Å². The number of hydrogen-bond acceptors (Lipinski definition) is 6. The van der Waals surface area contributed by atoms with Crippen LogP contribution in [0.25, 0.3) is 0 Å². The van der Waals surface area contributed by atoms with Crippen LogP contribution in [0.15, 0.2) is 30.5 Å². The van der Waals surface area contributed by atoms with Gasteiger partial charge in [-0.2, -0.15) is 4.98 Å². The van der Waals surface area contributed by atoms with Crippen molar-refractivity contribution in [3.63, 3.8) is 0 Å². The number of methoxy groups -OCH3 is 1. The molecule has 0 saturated carbocycles. The fourth-order valence-corrected chi connectivity index (χ4v) is 2.16. The number of imide groups is 1. The highest BCUT2D eigenvalue weighted by Gasteiger charge is 2.27. The van der Waals surface area contributed by atoms with Gasteiger partial charge in [0, 0.05) is 19.0 Å². The zero-order chi connectivity index (χ0) is 17.1. The van der Waals surface area contributed by atoms with E-state index in [0.717, 1.165) is 0 Å². The number of rotatable bonds is 4. The van der Waals surface area contributed by atoms with Crippen molar-refractivity contribution in [3.05, 3.63) is 36.3 Å². The van der Waals surface area contributed by atoms with E-state index in [4.69, 9.17) is 9.47 Å². The maximum Gasteiger partial charge on any atom is 0.328 e. The number of carbonyl (C=O) groups excluding carboxylic acids is 2. The average molecular weight is 332 g/mol. The summed E-state index contributed by atoms with van der Waals surface area (Å²) in [5.41, 5.74) is 0.300. The Labute approximate surface area is 136 Å². The number of hydrogen-bond donors (Lipinski definition) is 1. The quantitative estimate of drug-likeness (QED) is 0.918. The summed E-state index contributed by atoms with van der Waals surface area (Å²) in [6.07, 6.45) is 1.51. The van der Waals surface area contributed by atoms with Gasteiger partial charge in [0.1, 0.15) is 17.3 Å². The van der Waals surface area contributed by atoms with Crippen LogP contribution in [0.1, 0.15) is 6.42 Å². The highest BCUT2D eigenvalue weighted by molar-refractivity contribution is 6.06. The number of benzene rings is 1. The SMILES string of the molecule is COc1nc(Oc2cccc(F)c2)ncc1N1CCC(=O)NC1=O. The second-order valence-electron chi connectivity index (χ2n) is 4.86. The number of nitrogens with one attached hydrogen (secondary N) is 1. The summed E-state index contributed by atoms with van der Waals surface area (Å²) in [6.45, 7) is 0.189. The normalized spacial score (nSPS) is 14.3. The first-order valence-corrected chi connectivity index (χ1v) is 7.02. The average Bonchev–Trinajstić information content (AvgIpc) is 2.55. The first-order valence-electron chi connectivity index (χ1n) is 7.02. The first kappa shape index (κ1) is 15.7. The number of ether oxygens (including phenoxy) is 2. The molecule has 0 atom stereocenters. The molecule has 24 heavy (non-hydrogen) atoms. The van der Waals surface area contributed by atoms with E-state index >= 15 is 0 Å². The summed E-state index contributed by atoms with van der Waals surface area (Å²) in [6, 6.07) is 4.88. The van der Waals surface area contributed by atoms with Crippen molar-refractivity contribution in [2.75, 3.05) is 18.6 Å². The largest absolute Gasteiger partial charge is 0.479 e. The Hall–Kier alpha value is -3.23. The second-order valence-corrected chi connectivity index (χ2v) is 4.86. The molecule has 8 nitrogen and oxygen atoms in total. The molecule has 3 rings (SSSR count). The number of halogens is 1. The third kappa shape index (κ3) is 3.24. The molecular formula is C15H13FN4O4. The van der Waals surface area contributed by atoms with Crippen LogP contribution in [0.4, 0.5) is 14.9 Å². The molecule has 0 spiro atoms. The molecule has 2 aromatic rings. The summed E-state index contributed by atoms with van der Waals surface area (Å²) in [5.74, 6) is -0.472. The maximum atomic E-state index is 13.2.